The summed E-state index contributed by atoms with van der Waals surface area (Å²) in [6, 6.07) is 17.3. The number of hydrogen-bond acceptors (Lipinski definition) is 3. The summed E-state index contributed by atoms with van der Waals surface area (Å²) >= 11 is 6.23. The van der Waals surface area contributed by atoms with Gasteiger partial charge in [-0.25, -0.2) is 4.98 Å². The zero-order valence-corrected chi connectivity index (χ0v) is 13.2. The van der Waals surface area contributed by atoms with E-state index in [-0.39, 0.29) is 5.91 Å². The van der Waals surface area contributed by atoms with Gasteiger partial charge in [-0.15, -0.1) is 0 Å². The largest absolute Gasteiger partial charge is 0.297 e. The van der Waals surface area contributed by atoms with Crippen LogP contribution in [-0.4, -0.2) is 10.9 Å². The molecule has 0 bridgehead atoms. The molecule has 2 N–H and O–H groups in total. The highest BCUT2D eigenvalue weighted by molar-refractivity contribution is 6.33. The second-order valence-electron chi connectivity index (χ2n) is 5.01. The van der Waals surface area contributed by atoms with Gasteiger partial charge in [0, 0.05) is 16.1 Å². The number of nitrogens with zero attached hydrogens (tertiary/aromatic N) is 1. The van der Waals surface area contributed by atoms with E-state index in [1.807, 2.05) is 30.3 Å². The Morgan fingerprint density at radius 2 is 1.83 bits per heavy atom. The summed E-state index contributed by atoms with van der Waals surface area (Å²) in [5, 5.41) is 0.563. The number of rotatable bonds is 4. The Morgan fingerprint density at radius 3 is 2.54 bits per heavy atom. The quantitative estimate of drug-likeness (QED) is 0.549. The molecule has 0 aliphatic heterocycles. The summed E-state index contributed by atoms with van der Waals surface area (Å²) in [4.78, 5) is 15.8. The van der Waals surface area contributed by atoms with E-state index in [0.29, 0.717) is 16.3 Å². The summed E-state index contributed by atoms with van der Waals surface area (Å²) in [5.41, 5.74) is 7.84. The summed E-state index contributed by atoms with van der Waals surface area (Å²) in [5.74, 6) is -0.926. The van der Waals surface area contributed by atoms with Gasteiger partial charge in [-0.2, -0.15) is 4.39 Å². The van der Waals surface area contributed by atoms with Gasteiger partial charge in [-0.05, 0) is 35.9 Å². The molecule has 120 valence electrons. The molecule has 0 unspecified atom stereocenters. The van der Waals surface area contributed by atoms with Crippen molar-refractivity contribution in [3.05, 3.63) is 83.4 Å². The molecule has 0 aliphatic carbocycles. The summed E-state index contributed by atoms with van der Waals surface area (Å²) in [7, 11) is 0. The molecule has 1 aromatic heterocycles. The van der Waals surface area contributed by atoms with E-state index in [1.165, 1.54) is 18.3 Å². The van der Waals surface area contributed by atoms with E-state index in [2.05, 4.69) is 15.8 Å². The van der Waals surface area contributed by atoms with Crippen LogP contribution in [0.3, 0.4) is 0 Å². The van der Waals surface area contributed by atoms with Gasteiger partial charge < -0.3 is 0 Å². The standard InChI is InChI=1S/C18H13ClFN3O/c19-16-8-6-13(10-15(16)12-4-2-1-3-5-12)18(24)23-22-14-7-9-17(20)21-11-14/h1-11,22H,(H,23,24). The highest BCUT2D eigenvalue weighted by Gasteiger charge is 2.10. The molecule has 3 rings (SSSR count). The number of halogens is 2. The number of hydrogen-bond donors (Lipinski definition) is 2. The second-order valence-corrected chi connectivity index (χ2v) is 5.42. The lowest BCUT2D eigenvalue weighted by atomic mass is 10.0. The molecule has 3 aromatic rings. The van der Waals surface area contributed by atoms with Crippen molar-refractivity contribution in [3.8, 4) is 11.1 Å². The molecule has 0 atom stereocenters. The first-order valence-electron chi connectivity index (χ1n) is 7.16. The van der Waals surface area contributed by atoms with Gasteiger partial charge in [0.05, 0.1) is 11.9 Å². The number of anilines is 1. The van der Waals surface area contributed by atoms with Crippen LogP contribution in [0.2, 0.25) is 5.02 Å². The molecule has 2 aromatic carbocycles. The van der Waals surface area contributed by atoms with Gasteiger partial charge >= 0.3 is 0 Å². The van der Waals surface area contributed by atoms with Crippen molar-refractivity contribution in [2.75, 3.05) is 5.43 Å². The zero-order valence-electron chi connectivity index (χ0n) is 12.5. The van der Waals surface area contributed by atoms with Gasteiger partial charge in [-0.3, -0.25) is 15.6 Å². The average molecular weight is 342 g/mol. The molecule has 0 radical (unpaired) electrons. The molecule has 24 heavy (non-hydrogen) atoms. The van der Waals surface area contributed by atoms with E-state index in [9.17, 15) is 9.18 Å². The average Bonchev–Trinajstić information content (AvgIpc) is 2.62. The Morgan fingerprint density at radius 1 is 1.04 bits per heavy atom. The van der Waals surface area contributed by atoms with E-state index < -0.39 is 5.95 Å². The Bertz CT molecular complexity index is 854. The minimum absolute atomic E-state index is 0.340. The second kappa shape index (κ2) is 7.10. The molecule has 4 nitrogen and oxygen atoms in total. The maximum Gasteiger partial charge on any atom is 0.269 e. The van der Waals surface area contributed by atoms with Gasteiger partial charge in [-0.1, -0.05) is 41.9 Å². The molecule has 1 amide bonds. The summed E-state index contributed by atoms with van der Waals surface area (Å²) in [6.45, 7) is 0. The first kappa shape index (κ1) is 16.0. The third-order valence-electron chi connectivity index (χ3n) is 3.36. The number of carbonyl (C=O) groups excluding carboxylic acids is 1. The van der Waals surface area contributed by atoms with Crippen LogP contribution in [0.4, 0.5) is 10.1 Å². The van der Waals surface area contributed by atoms with Crippen molar-refractivity contribution in [3.63, 3.8) is 0 Å². The van der Waals surface area contributed by atoms with Crippen molar-refractivity contribution in [1.29, 1.82) is 0 Å². The van der Waals surface area contributed by atoms with Crippen LogP contribution >= 0.6 is 11.6 Å². The molecular weight excluding hydrogens is 329 g/mol. The Balaban J connectivity index is 1.77. The SMILES string of the molecule is O=C(NNc1ccc(F)nc1)c1ccc(Cl)c(-c2ccccc2)c1. The molecular formula is C18H13ClFN3O. The first-order valence-corrected chi connectivity index (χ1v) is 7.54. The van der Waals surface area contributed by atoms with Gasteiger partial charge in [0.25, 0.3) is 5.91 Å². The van der Waals surface area contributed by atoms with Crippen molar-refractivity contribution in [2.24, 2.45) is 0 Å². The van der Waals surface area contributed by atoms with Crippen LogP contribution in [0.5, 0.6) is 0 Å². The van der Waals surface area contributed by atoms with Crippen LogP contribution in [0, 0.1) is 5.95 Å². The maximum absolute atomic E-state index is 12.8. The molecule has 6 heteroatoms. The third kappa shape index (κ3) is 3.70. The minimum Gasteiger partial charge on any atom is -0.297 e. The highest BCUT2D eigenvalue weighted by Crippen LogP contribution is 2.28. The topological polar surface area (TPSA) is 54.0 Å². The third-order valence-corrected chi connectivity index (χ3v) is 3.69. The van der Waals surface area contributed by atoms with Crippen LogP contribution in [0.15, 0.2) is 66.9 Å². The maximum atomic E-state index is 12.8. The van der Waals surface area contributed by atoms with Crippen LogP contribution in [-0.2, 0) is 0 Å². The van der Waals surface area contributed by atoms with Crippen molar-refractivity contribution in [1.82, 2.24) is 10.4 Å². The fourth-order valence-electron chi connectivity index (χ4n) is 2.16. The lowest BCUT2D eigenvalue weighted by molar-refractivity contribution is 0.0962. The Hall–Kier alpha value is -2.92. The van der Waals surface area contributed by atoms with E-state index in [1.54, 1.807) is 18.2 Å². The normalized spacial score (nSPS) is 10.2. The van der Waals surface area contributed by atoms with Crippen LogP contribution in [0.1, 0.15) is 10.4 Å². The summed E-state index contributed by atoms with van der Waals surface area (Å²) in [6.07, 6.45) is 1.28. The first-order chi connectivity index (χ1) is 11.6. The van der Waals surface area contributed by atoms with Gasteiger partial charge in [0.15, 0.2) is 0 Å². The lowest BCUT2D eigenvalue weighted by Crippen LogP contribution is -2.29. The zero-order chi connectivity index (χ0) is 16.9. The smallest absolute Gasteiger partial charge is 0.269 e. The van der Waals surface area contributed by atoms with Crippen molar-refractivity contribution >= 4 is 23.2 Å². The van der Waals surface area contributed by atoms with Crippen molar-refractivity contribution in [2.45, 2.75) is 0 Å². The molecule has 0 aliphatic rings. The lowest BCUT2D eigenvalue weighted by Gasteiger charge is -2.10. The van der Waals surface area contributed by atoms with Crippen molar-refractivity contribution < 1.29 is 9.18 Å². The number of carbonyl (C=O) groups is 1. The molecule has 0 saturated carbocycles. The fourth-order valence-corrected chi connectivity index (χ4v) is 2.38. The Kier molecular flexibility index (Phi) is 4.72. The van der Waals surface area contributed by atoms with E-state index >= 15 is 0 Å². The molecule has 1 heterocycles. The molecule has 0 saturated heterocycles. The van der Waals surface area contributed by atoms with Crippen LogP contribution < -0.4 is 10.9 Å². The number of aromatic nitrogens is 1. The number of hydrazine groups is 1. The predicted octanol–water partition coefficient (Wildman–Crippen LogP) is 4.30. The number of nitrogens with one attached hydrogen (secondary N) is 2. The van der Waals surface area contributed by atoms with Gasteiger partial charge in [0.1, 0.15) is 0 Å². The van der Waals surface area contributed by atoms with Gasteiger partial charge in [0.2, 0.25) is 5.95 Å². The monoisotopic (exact) mass is 341 g/mol. The summed E-state index contributed by atoms with van der Waals surface area (Å²) < 4.78 is 12.8. The minimum atomic E-state index is -0.586. The molecule has 0 spiro atoms. The van der Waals surface area contributed by atoms with Crippen LogP contribution in [0.25, 0.3) is 11.1 Å². The number of amides is 1. The van der Waals surface area contributed by atoms with E-state index in [4.69, 9.17) is 11.6 Å². The highest BCUT2D eigenvalue weighted by atomic mass is 35.5. The number of benzene rings is 2. The predicted molar refractivity (Wildman–Crippen MR) is 92.2 cm³/mol. The fraction of sp³-hybridized carbons (Fsp3) is 0. The van der Waals surface area contributed by atoms with E-state index in [0.717, 1.165) is 11.1 Å². The number of pyridine rings is 1. The molecule has 0 fully saturated rings. The Labute approximate surface area is 143 Å².